The zero-order valence-electron chi connectivity index (χ0n) is 10.9. The number of ether oxygens (including phenoxy) is 1. The van der Waals surface area contributed by atoms with E-state index in [1.165, 1.54) is 0 Å². The van der Waals surface area contributed by atoms with Crippen LogP contribution >= 0.6 is 22.9 Å². The van der Waals surface area contributed by atoms with E-state index >= 15 is 0 Å². The molecular weight excluding hydrogens is 282 g/mol. The highest BCUT2D eigenvalue weighted by Crippen LogP contribution is 2.28. The van der Waals surface area contributed by atoms with Gasteiger partial charge in [-0.05, 0) is 31.0 Å². The Morgan fingerprint density at radius 3 is 2.84 bits per heavy atom. The van der Waals surface area contributed by atoms with Crippen LogP contribution in [0.25, 0.3) is 0 Å². The maximum Gasteiger partial charge on any atom is 0.138 e. The fourth-order valence-electron chi connectivity index (χ4n) is 1.62. The predicted octanol–water partition coefficient (Wildman–Crippen LogP) is 3.99. The maximum absolute atomic E-state index is 9.47. The van der Waals surface area contributed by atoms with Crippen LogP contribution in [0.4, 0.5) is 0 Å². The summed E-state index contributed by atoms with van der Waals surface area (Å²) in [5, 5.41) is 13.1. The smallest absolute Gasteiger partial charge is 0.138 e. The zero-order chi connectivity index (χ0) is 13.8. The van der Waals surface area contributed by atoms with Gasteiger partial charge in [-0.3, -0.25) is 0 Å². The van der Waals surface area contributed by atoms with Crippen LogP contribution in [0.2, 0.25) is 5.02 Å². The number of rotatable bonds is 5. The van der Waals surface area contributed by atoms with Gasteiger partial charge in [-0.1, -0.05) is 24.6 Å². The minimum absolute atomic E-state index is 0.407. The number of benzene rings is 1. The van der Waals surface area contributed by atoms with Gasteiger partial charge in [0, 0.05) is 5.38 Å². The van der Waals surface area contributed by atoms with Crippen molar-refractivity contribution in [2.45, 2.75) is 33.0 Å². The molecule has 3 nitrogen and oxygen atoms in total. The first kappa shape index (κ1) is 14.3. The first-order valence-electron chi connectivity index (χ1n) is 6.13. The molecular formula is C14H16ClNO2S. The lowest BCUT2D eigenvalue weighted by Crippen LogP contribution is -1.98. The molecule has 1 N–H and O–H groups in total. The summed E-state index contributed by atoms with van der Waals surface area (Å²) in [5.74, 6) is 0.608. The topological polar surface area (TPSA) is 42.4 Å². The summed E-state index contributed by atoms with van der Waals surface area (Å²) >= 11 is 7.76. The van der Waals surface area contributed by atoms with E-state index < -0.39 is 6.10 Å². The van der Waals surface area contributed by atoms with E-state index in [9.17, 15) is 5.11 Å². The highest BCUT2D eigenvalue weighted by Gasteiger charge is 2.08. The van der Waals surface area contributed by atoms with Crippen molar-refractivity contribution in [2.24, 2.45) is 0 Å². The van der Waals surface area contributed by atoms with Crippen molar-refractivity contribution < 1.29 is 9.84 Å². The summed E-state index contributed by atoms with van der Waals surface area (Å²) in [4.78, 5) is 4.43. The molecule has 19 heavy (non-hydrogen) atoms. The van der Waals surface area contributed by atoms with E-state index in [0.29, 0.717) is 17.4 Å². The summed E-state index contributed by atoms with van der Waals surface area (Å²) in [7, 11) is 0. The molecule has 1 aromatic heterocycles. The predicted molar refractivity (Wildman–Crippen MR) is 77.9 cm³/mol. The molecule has 2 aromatic rings. The number of aromatic nitrogens is 1. The number of hydrogen-bond donors (Lipinski definition) is 1. The second-order valence-corrected chi connectivity index (χ2v) is 5.59. The maximum atomic E-state index is 9.47. The average Bonchev–Trinajstić information content (AvgIpc) is 2.85. The Morgan fingerprint density at radius 2 is 2.26 bits per heavy atom. The molecule has 5 heteroatoms. The van der Waals surface area contributed by atoms with E-state index in [1.807, 2.05) is 11.4 Å². The number of halogens is 1. The van der Waals surface area contributed by atoms with Gasteiger partial charge in [0.15, 0.2) is 0 Å². The minimum atomic E-state index is -0.530. The first-order valence-corrected chi connectivity index (χ1v) is 7.39. The van der Waals surface area contributed by atoms with Gasteiger partial charge in [-0.25, -0.2) is 4.98 Å². The van der Waals surface area contributed by atoms with Crippen LogP contribution in [0, 0.1) is 0 Å². The zero-order valence-corrected chi connectivity index (χ0v) is 12.5. The van der Waals surface area contributed by atoms with E-state index in [1.54, 1.807) is 30.4 Å². The fraction of sp³-hybridized carbons (Fsp3) is 0.357. The quantitative estimate of drug-likeness (QED) is 0.907. The highest BCUT2D eigenvalue weighted by atomic mass is 35.5. The van der Waals surface area contributed by atoms with E-state index in [4.69, 9.17) is 16.3 Å². The van der Waals surface area contributed by atoms with Crippen molar-refractivity contribution >= 4 is 22.9 Å². The third kappa shape index (κ3) is 3.69. The van der Waals surface area contributed by atoms with Gasteiger partial charge in [0.05, 0.1) is 21.8 Å². The molecule has 1 aromatic carbocycles. The normalized spacial score (nSPS) is 12.4. The van der Waals surface area contributed by atoms with E-state index in [2.05, 4.69) is 11.9 Å². The Hall–Kier alpha value is -1.10. The molecule has 0 fully saturated rings. The molecule has 0 saturated carbocycles. The molecule has 0 amide bonds. The molecule has 102 valence electrons. The van der Waals surface area contributed by atoms with Gasteiger partial charge < -0.3 is 9.84 Å². The van der Waals surface area contributed by atoms with Gasteiger partial charge in [-0.2, -0.15) is 0 Å². The number of aryl methyl sites for hydroxylation is 1. The largest absolute Gasteiger partial charge is 0.486 e. The van der Waals surface area contributed by atoms with Gasteiger partial charge in [0.25, 0.3) is 0 Å². The number of aliphatic hydroxyl groups is 1. The molecule has 0 radical (unpaired) electrons. The Labute approximate surface area is 121 Å². The van der Waals surface area contributed by atoms with Crippen LogP contribution < -0.4 is 4.74 Å². The van der Waals surface area contributed by atoms with Crippen molar-refractivity contribution in [1.29, 1.82) is 0 Å². The molecule has 0 bridgehead atoms. The van der Waals surface area contributed by atoms with Crippen LogP contribution in [0.3, 0.4) is 0 Å². The lowest BCUT2D eigenvalue weighted by atomic mass is 10.1. The van der Waals surface area contributed by atoms with Crippen molar-refractivity contribution in [3.05, 3.63) is 44.9 Å². The van der Waals surface area contributed by atoms with Crippen LogP contribution in [-0.2, 0) is 13.0 Å². The Kier molecular flexibility index (Phi) is 4.80. The van der Waals surface area contributed by atoms with Crippen LogP contribution in [-0.4, -0.2) is 10.1 Å². The second kappa shape index (κ2) is 6.37. The molecule has 1 atom stereocenters. The third-order valence-electron chi connectivity index (χ3n) is 2.72. The molecule has 0 spiro atoms. The van der Waals surface area contributed by atoms with Crippen molar-refractivity contribution in [2.75, 3.05) is 0 Å². The van der Waals surface area contributed by atoms with Gasteiger partial charge in [0.1, 0.15) is 12.4 Å². The summed E-state index contributed by atoms with van der Waals surface area (Å²) in [6.45, 7) is 4.19. The van der Waals surface area contributed by atoms with Gasteiger partial charge in [-0.15, -0.1) is 11.3 Å². The molecule has 0 aliphatic carbocycles. The van der Waals surface area contributed by atoms with Gasteiger partial charge >= 0.3 is 0 Å². The molecule has 0 unspecified atom stereocenters. The van der Waals surface area contributed by atoms with Gasteiger partial charge in [0.2, 0.25) is 0 Å². The Morgan fingerprint density at radius 1 is 1.47 bits per heavy atom. The summed E-state index contributed by atoms with van der Waals surface area (Å²) in [6, 6.07) is 5.31. The first-order chi connectivity index (χ1) is 9.10. The van der Waals surface area contributed by atoms with Crippen molar-refractivity contribution in [3.63, 3.8) is 0 Å². The highest BCUT2D eigenvalue weighted by molar-refractivity contribution is 7.09. The second-order valence-electron chi connectivity index (χ2n) is 4.24. The lowest BCUT2D eigenvalue weighted by Gasteiger charge is -2.10. The molecule has 0 aliphatic rings. The van der Waals surface area contributed by atoms with Crippen molar-refractivity contribution in [1.82, 2.24) is 4.98 Å². The van der Waals surface area contributed by atoms with Crippen molar-refractivity contribution in [3.8, 4) is 5.75 Å². The number of nitrogens with zero attached hydrogens (tertiary/aromatic N) is 1. The summed E-state index contributed by atoms with van der Waals surface area (Å²) in [6.07, 6.45) is 0.409. The fourth-order valence-corrected chi connectivity index (χ4v) is 2.60. The molecule has 0 aliphatic heterocycles. The van der Waals surface area contributed by atoms with Crippen LogP contribution in [0.1, 0.15) is 36.2 Å². The SMILES string of the molecule is CCc1nc(COc2ccc([C@@H](C)O)cc2Cl)cs1. The lowest BCUT2D eigenvalue weighted by molar-refractivity contribution is 0.199. The van der Waals surface area contributed by atoms with E-state index in [-0.39, 0.29) is 0 Å². The number of hydrogen-bond acceptors (Lipinski definition) is 4. The van der Waals surface area contributed by atoms with Crippen LogP contribution in [0.15, 0.2) is 23.6 Å². The standard InChI is InChI=1S/C14H16ClNO2S/c1-3-14-16-11(8-19-14)7-18-13-5-4-10(9(2)17)6-12(13)15/h4-6,8-9,17H,3,7H2,1-2H3/t9-/m1/s1. The Balaban J connectivity index is 2.03. The summed E-state index contributed by atoms with van der Waals surface area (Å²) in [5.41, 5.74) is 1.69. The number of thiazole rings is 1. The summed E-state index contributed by atoms with van der Waals surface area (Å²) < 4.78 is 5.65. The number of aliphatic hydroxyl groups excluding tert-OH is 1. The monoisotopic (exact) mass is 297 g/mol. The average molecular weight is 298 g/mol. The minimum Gasteiger partial charge on any atom is -0.486 e. The molecule has 0 saturated heterocycles. The van der Waals surface area contributed by atoms with E-state index in [0.717, 1.165) is 22.7 Å². The van der Waals surface area contributed by atoms with Crippen LogP contribution in [0.5, 0.6) is 5.75 Å². The third-order valence-corrected chi connectivity index (χ3v) is 4.05. The molecule has 1 heterocycles. The molecule has 2 rings (SSSR count). The Bertz CT molecular complexity index is 554.